The van der Waals surface area contributed by atoms with Gasteiger partial charge in [-0.1, -0.05) is 32.1 Å². The molecule has 0 amide bonds. The zero-order valence-electron chi connectivity index (χ0n) is 14.9. The third kappa shape index (κ3) is 5.84. The molecule has 1 aromatic rings. The number of nitrogens with one attached hydrogen (secondary N) is 2. The Balaban J connectivity index is 1.71. The molecule has 0 radical (unpaired) electrons. The monoisotopic (exact) mass is 320 g/mol. The summed E-state index contributed by atoms with van der Waals surface area (Å²) < 4.78 is 2.03. The first-order valence-corrected chi connectivity index (χ1v) is 9.06. The van der Waals surface area contributed by atoms with Crippen LogP contribution in [0.25, 0.3) is 0 Å². The van der Waals surface area contributed by atoms with Crippen molar-refractivity contribution in [2.75, 3.05) is 7.05 Å². The van der Waals surface area contributed by atoms with E-state index >= 15 is 0 Å². The SMILES string of the molecule is CCn1cnnc1CNC(=NC)N[C@H](C)CCC1CCCCC1. The van der Waals surface area contributed by atoms with Gasteiger partial charge in [-0.05, 0) is 32.6 Å². The second-order valence-electron chi connectivity index (χ2n) is 6.59. The highest BCUT2D eigenvalue weighted by molar-refractivity contribution is 5.79. The molecular weight excluding hydrogens is 288 g/mol. The highest BCUT2D eigenvalue weighted by Gasteiger charge is 2.15. The van der Waals surface area contributed by atoms with Crippen LogP contribution in [0.4, 0.5) is 0 Å². The van der Waals surface area contributed by atoms with Gasteiger partial charge in [0.25, 0.3) is 0 Å². The van der Waals surface area contributed by atoms with Crippen LogP contribution < -0.4 is 10.6 Å². The van der Waals surface area contributed by atoms with Gasteiger partial charge in [-0.3, -0.25) is 4.99 Å². The Bertz CT molecular complexity index is 475. The smallest absolute Gasteiger partial charge is 0.191 e. The summed E-state index contributed by atoms with van der Waals surface area (Å²) in [7, 11) is 1.81. The molecule has 2 N–H and O–H groups in total. The topological polar surface area (TPSA) is 67.1 Å². The van der Waals surface area contributed by atoms with Gasteiger partial charge in [0.2, 0.25) is 0 Å². The normalized spacial score (nSPS) is 18.0. The first-order chi connectivity index (χ1) is 11.2. The summed E-state index contributed by atoms with van der Waals surface area (Å²) in [6.45, 7) is 5.86. The number of hydrogen-bond donors (Lipinski definition) is 2. The van der Waals surface area contributed by atoms with Gasteiger partial charge in [0, 0.05) is 19.6 Å². The summed E-state index contributed by atoms with van der Waals surface area (Å²) >= 11 is 0. The van der Waals surface area contributed by atoms with Crippen LogP contribution in [0.1, 0.15) is 64.6 Å². The zero-order chi connectivity index (χ0) is 16.5. The largest absolute Gasteiger partial charge is 0.354 e. The Kier molecular flexibility index (Phi) is 7.36. The molecular formula is C17H32N6. The van der Waals surface area contributed by atoms with Crippen LogP contribution in [0.5, 0.6) is 0 Å². The lowest BCUT2D eigenvalue weighted by Crippen LogP contribution is -2.42. The van der Waals surface area contributed by atoms with Crippen LogP contribution in [0, 0.1) is 5.92 Å². The molecule has 0 aliphatic heterocycles. The molecule has 1 saturated carbocycles. The molecule has 0 aromatic carbocycles. The maximum absolute atomic E-state index is 4.31. The Morgan fingerprint density at radius 1 is 1.39 bits per heavy atom. The highest BCUT2D eigenvalue weighted by atomic mass is 15.3. The van der Waals surface area contributed by atoms with E-state index in [1.54, 1.807) is 6.33 Å². The summed E-state index contributed by atoms with van der Waals surface area (Å²) in [5.41, 5.74) is 0. The fraction of sp³-hybridized carbons (Fsp3) is 0.824. The molecule has 1 heterocycles. The Hall–Kier alpha value is -1.59. The molecule has 1 fully saturated rings. The summed E-state index contributed by atoms with van der Waals surface area (Å²) in [5.74, 6) is 2.71. The van der Waals surface area contributed by atoms with E-state index in [4.69, 9.17) is 0 Å². The summed E-state index contributed by atoms with van der Waals surface area (Å²) in [5, 5.41) is 14.9. The van der Waals surface area contributed by atoms with Crippen LogP contribution >= 0.6 is 0 Å². The molecule has 1 aromatic heterocycles. The van der Waals surface area contributed by atoms with E-state index in [-0.39, 0.29) is 0 Å². The van der Waals surface area contributed by atoms with Gasteiger partial charge in [-0.2, -0.15) is 0 Å². The van der Waals surface area contributed by atoms with Crippen LogP contribution in [0.15, 0.2) is 11.3 Å². The molecule has 0 spiro atoms. The summed E-state index contributed by atoms with van der Waals surface area (Å²) in [6.07, 6.45) is 11.4. The minimum absolute atomic E-state index is 0.437. The molecule has 2 rings (SSSR count). The van der Waals surface area contributed by atoms with Crippen LogP contribution in [0.2, 0.25) is 0 Å². The molecule has 6 heteroatoms. The molecule has 23 heavy (non-hydrogen) atoms. The molecule has 6 nitrogen and oxygen atoms in total. The third-order valence-corrected chi connectivity index (χ3v) is 4.79. The number of nitrogens with zero attached hydrogens (tertiary/aromatic N) is 4. The lowest BCUT2D eigenvalue weighted by atomic mass is 9.85. The number of aliphatic imine (C=N–C) groups is 1. The van der Waals surface area contributed by atoms with Crippen LogP contribution in [-0.4, -0.2) is 33.8 Å². The Morgan fingerprint density at radius 2 is 2.17 bits per heavy atom. The minimum Gasteiger partial charge on any atom is -0.354 e. The molecule has 1 aliphatic carbocycles. The fourth-order valence-electron chi connectivity index (χ4n) is 3.30. The van der Waals surface area contributed by atoms with Crippen molar-refractivity contribution in [1.82, 2.24) is 25.4 Å². The number of hydrogen-bond acceptors (Lipinski definition) is 3. The summed E-state index contributed by atoms with van der Waals surface area (Å²) in [6, 6.07) is 0.437. The van der Waals surface area contributed by atoms with E-state index < -0.39 is 0 Å². The summed E-state index contributed by atoms with van der Waals surface area (Å²) in [4.78, 5) is 4.31. The van der Waals surface area contributed by atoms with E-state index in [1.807, 2.05) is 11.6 Å². The van der Waals surface area contributed by atoms with E-state index in [1.165, 1.54) is 44.9 Å². The zero-order valence-corrected chi connectivity index (χ0v) is 14.9. The predicted molar refractivity (Wildman–Crippen MR) is 94.3 cm³/mol. The van der Waals surface area contributed by atoms with Crippen molar-refractivity contribution in [3.8, 4) is 0 Å². The lowest BCUT2D eigenvalue weighted by molar-refractivity contribution is 0.322. The number of guanidine groups is 1. The average Bonchev–Trinajstić information content (AvgIpc) is 3.05. The molecule has 1 aliphatic rings. The third-order valence-electron chi connectivity index (χ3n) is 4.79. The van der Waals surface area contributed by atoms with Crippen LogP contribution in [0.3, 0.4) is 0 Å². The van der Waals surface area contributed by atoms with Crippen molar-refractivity contribution in [3.63, 3.8) is 0 Å². The molecule has 0 saturated heterocycles. The van der Waals surface area contributed by atoms with Crippen molar-refractivity contribution in [1.29, 1.82) is 0 Å². The van der Waals surface area contributed by atoms with Crippen molar-refractivity contribution < 1.29 is 0 Å². The van der Waals surface area contributed by atoms with E-state index in [9.17, 15) is 0 Å². The van der Waals surface area contributed by atoms with Crippen molar-refractivity contribution in [3.05, 3.63) is 12.2 Å². The lowest BCUT2D eigenvalue weighted by Gasteiger charge is -2.24. The molecule has 1 atom stereocenters. The van der Waals surface area contributed by atoms with Crippen molar-refractivity contribution in [2.45, 2.75) is 77.9 Å². The molecule has 0 bridgehead atoms. The van der Waals surface area contributed by atoms with Gasteiger partial charge in [-0.25, -0.2) is 0 Å². The van der Waals surface area contributed by atoms with Gasteiger partial charge < -0.3 is 15.2 Å². The Labute approximate surface area is 140 Å². The van der Waals surface area contributed by atoms with Gasteiger partial charge in [-0.15, -0.1) is 10.2 Å². The van der Waals surface area contributed by atoms with Crippen molar-refractivity contribution >= 4 is 5.96 Å². The van der Waals surface area contributed by atoms with Gasteiger partial charge >= 0.3 is 0 Å². The second-order valence-corrected chi connectivity index (χ2v) is 6.59. The van der Waals surface area contributed by atoms with Crippen LogP contribution in [-0.2, 0) is 13.1 Å². The second kappa shape index (κ2) is 9.53. The highest BCUT2D eigenvalue weighted by Crippen LogP contribution is 2.27. The Morgan fingerprint density at radius 3 is 2.87 bits per heavy atom. The molecule has 0 unspecified atom stereocenters. The number of aromatic nitrogens is 3. The van der Waals surface area contributed by atoms with E-state index in [2.05, 4.69) is 39.7 Å². The fourth-order valence-corrected chi connectivity index (χ4v) is 3.30. The molecule has 130 valence electrons. The van der Waals surface area contributed by atoms with Gasteiger partial charge in [0.1, 0.15) is 6.33 Å². The van der Waals surface area contributed by atoms with Gasteiger partial charge in [0.05, 0.1) is 6.54 Å². The maximum atomic E-state index is 4.31. The predicted octanol–water partition coefficient (Wildman–Crippen LogP) is 2.71. The quantitative estimate of drug-likeness (QED) is 0.599. The standard InChI is InChI=1S/C17H32N6/c1-4-23-13-20-22-16(23)12-19-17(18-3)21-14(2)10-11-15-8-6-5-7-9-15/h13-15H,4-12H2,1-3H3,(H2,18,19,21)/t14-/m1/s1. The maximum Gasteiger partial charge on any atom is 0.191 e. The number of aryl methyl sites for hydroxylation is 1. The van der Waals surface area contributed by atoms with Gasteiger partial charge in [0.15, 0.2) is 11.8 Å². The average molecular weight is 320 g/mol. The van der Waals surface area contributed by atoms with E-state index in [0.29, 0.717) is 12.6 Å². The minimum atomic E-state index is 0.437. The number of rotatable bonds is 7. The first-order valence-electron chi connectivity index (χ1n) is 9.06. The van der Waals surface area contributed by atoms with E-state index in [0.717, 1.165) is 24.2 Å². The van der Waals surface area contributed by atoms with Crippen molar-refractivity contribution in [2.24, 2.45) is 10.9 Å². The first kappa shape index (κ1) is 17.8.